The van der Waals surface area contributed by atoms with Gasteiger partial charge in [0.25, 0.3) is 0 Å². The number of nitrogens with zero attached hydrogens (tertiary/aromatic N) is 2. The fourth-order valence-corrected chi connectivity index (χ4v) is 1.46. The first kappa shape index (κ1) is 16.4. The van der Waals surface area contributed by atoms with Crippen LogP contribution in [0, 0.1) is 34.0 Å². The fourth-order valence-electron chi connectivity index (χ4n) is 1.46. The Labute approximate surface area is 110 Å². The summed E-state index contributed by atoms with van der Waals surface area (Å²) in [6.07, 6.45) is 0.977. The molecule has 0 fully saturated rings. The number of esters is 1. The van der Waals surface area contributed by atoms with E-state index >= 15 is 0 Å². The fraction of sp³-hybridized carbons (Fsp3) is 0.786. The average molecular weight is 250 g/mol. The molecule has 0 aromatic heterocycles. The van der Waals surface area contributed by atoms with Crippen molar-refractivity contribution in [1.82, 2.24) is 0 Å². The maximum atomic E-state index is 11.7. The SMILES string of the molecule is CC(C)CCC(C#N)(C#N)CC(=O)OC(C)(C)C. The van der Waals surface area contributed by atoms with Crippen molar-refractivity contribution in [2.45, 2.75) is 59.5 Å². The number of carbonyl (C=O) groups is 1. The zero-order valence-corrected chi connectivity index (χ0v) is 11.9. The summed E-state index contributed by atoms with van der Waals surface area (Å²) in [5.74, 6) is -0.0981. The summed E-state index contributed by atoms with van der Waals surface area (Å²) < 4.78 is 5.16. The molecule has 0 unspecified atom stereocenters. The molecule has 0 aliphatic heterocycles. The molecule has 0 heterocycles. The van der Waals surface area contributed by atoms with Crippen LogP contribution in [0.3, 0.4) is 0 Å². The summed E-state index contributed by atoms with van der Waals surface area (Å²) in [5.41, 5.74) is -1.85. The van der Waals surface area contributed by atoms with Crippen LogP contribution in [0.2, 0.25) is 0 Å². The van der Waals surface area contributed by atoms with Crippen LogP contribution in [0.4, 0.5) is 0 Å². The minimum atomic E-state index is -1.26. The first-order valence-electron chi connectivity index (χ1n) is 6.18. The summed E-state index contributed by atoms with van der Waals surface area (Å²) in [6, 6.07) is 3.95. The Morgan fingerprint density at radius 2 is 1.72 bits per heavy atom. The molecule has 0 bridgehead atoms. The molecule has 0 spiro atoms. The van der Waals surface area contributed by atoms with Gasteiger partial charge < -0.3 is 4.74 Å². The molecule has 0 amide bonds. The molecule has 0 rings (SSSR count). The van der Waals surface area contributed by atoms with E-state index in [1.165, 1.54) is 0 Å². The highest BCUT2D eigenvalue weighted by Gasteiger charge is 2.35. The smallest absolute Gasteiger partial charge is 0.309 e. The lowest BCUT2D eigenvalue weighted by molar-refractivity contribution is -0.156. The molecule has 0 radical (unpaired) electrons. The van der Waals surface area contributed by atoms with Crippen molar-refractivity contribution >= 4 is 5.97 Å². The van der Waals surface area contributed by atoms with Crippen LogP contribution in [0.25, 0.3) is 0 Å². The molecular weight excluding hydrogens is 228 g/mol. The Balaban J connectivity index is 4.69. The van der Waals surface area contributed by atoms with Gasteiger partial charge in [-0.25, -0.2) is 0 Å². The van der Waals surface area contributed by atoms with Gasteiger partial charge in [0.2, 0.25) is 0 Å². The maximum absolute atomic E-state index is 11.7. The molecule has 0 N–H and O–H groups in total. The first-order valence-corrected chi connectivity index (χ1v) is 6.18. The van der Waals surface area contributed by atoms with Crippen LogP contribution >= 0.6 is 0 Å². The van der Waals surface area contributed by atoms with Crippen molar-refractivity contribution < 1.29 is 9.53 Å². The predicted octanol–water partition coefficient (Wildman–Crippen LogP) is 3.19. The van der Waals surface area contributed by atoms with Crippen LogP contribution in [-0.2, 0) is 9.53 Å². The standard InChI is InChI=1S/C14H22N2O2/c1-11(2)6-7-14(9-15,10-16)8-12(17)18-13(3,4)5/h11H,6-8H2,1-5H3. The summed E-state index contributed by atoms with van der Waals surface area (Å²) in [5, 5.41) is 18.3. The van der Waals surface area contributed by atoms with Crippen LogP contribution < -0.4 is 0 Å². The van der Waals surface area contributed by atoms with Gasteiger partial charge in [0.1, 0.15) is 5.60 Å². The molecule has 0 aliphatic carbocycles. The van der Waals surface area contributed by atoms with Gasteiger partial charge in [0.05, 0.1) is 18.6 Å². The molecule has 0 aliphatic rings. The van der Waals surface area contributed by atoms with Crippen LogP contribution in [0.15, 0.2) is 0 Å². The van der Waals surface area contributed by atoms with Crippen molar-refractivity contribution in [1.29, 1.82) is 10.5 Å². The zero-order valence-electron chi connectivity index (χ0n) is 11.9. The van der Waals surface area contributed by atoms with E-state index in [0.717, 1.165) is 6.42 Å². The highest BCUT2D eigenvalue weighted by molar-refractivity contribution is 5.72. The van der Waals surface area contributed by atoms with Gasteiger partial charge in [-0.3, -0.25) is 4.79 Å². The van der Waals surface area contributed by atoms with E-state index in [1.807, 2.05) is 26.0 Å². The summed E-state index contributed by atoms with van der Waals surface area (Å²) in [7, 11) is 0. The first-order chi connectivity index (χ1) is 8.14. The lowest BCUT2D eigenvalue weighted by Gasteiger charge is -2.23. The summed E-state index contributed by atoms with van der Waals surface area (Å²) >= 11 is 0. The lowest BCUT2D eigenvalue weighted by atomic mass is 9.81. The van der Waals surface area contributed by atoms with Crippen molar-refractivity contribution in [2.75, 3.05) is 0 Å². The van der Waals surface area contributed by atoms with Gasteiger partial charge in [-0.05, 0) is 39.5 Å². The molecule has 0 aromatic rings. The van der Waals surface area contributed by atoms with Gasteiger partial charge in [-0.1, -0.05) is 13.8 Å². The molecule has 18 heavy (non-hydrogen) atoms. The largest absolute Gasteiger partial charge is 0.460 e. The Morgan fingerprint density at radius 1 is 1.22 bits per heavy atom. The van der Waals surface area contributed by atoms with E-state index in [4.69, 9.17) is 15.3 Å². The maximum Gasteiger partial charge on any atom is 0.309 e. The summed E-state index contributed by atoms with van der Waals surface area (Å²) in [4.78, 5) is 11.7. The molecule has 0 aromatic carbocycles. The third-order valence-corrected chi connectivity index (χ3v) is 2.44. The van der Waals surface area contributed by atoms with Crippen LogP contribution in [0.5, 0.6) is 0 Å². The Kier molecular flexibility index (Phi) is 5.85. The van der Waals surface area contributed by atoms with Gasteiger partial charge in [0, 0.05) is 0 Å². The molecule has 0 atom stereocenters. The van der Waals surface area contributed by atoms with Crippen molar-refractivity contribution in [3.05, 3.63) is 0 Å². The zero-order chi connectivity index (χ0) is 14.4. The second-order valence-electron chi connectivity index (χ2n) is 6.00. The Bertz CT molecular complexity index is 353. The van der Waals surface area contributed by atoms with Gasteiger partial charge in [-0.2, -0.15) is 10.5 Å². The monoisotopic (exact) mass is 250 g/mol. The molecule has 100 valence electrons. The Morgan fingerprint density at radius 3 is 2.06 bits per heavy atom. The highest BCUT2D eigenvalue weighted by Crippen LogP contribution is 2.29. The molecule has 0 saturated heterocycles. The molecular formula is C14H22N2O2. The average Bonchev–Trinajstić information content (AvgIpc) is 2.21. The van der Waals surface area contributed by atoms with Gasteiger partial charge in [0.15, 0.2) is 5.41 Å². The number of hydrogen-bond acceptors (Lipinski definition) is 4. The third kappa shape index (κ3) is 6.25. The number of rotatable bonds is 5. The Hall–Kier alpha value is -1.55. The number of ether oxygens (including phenoxy) is 1. The number of hydrogen-bond donors (Lipinski definition) is 0. The normalized spacial score (nSPS) is 11.8. The lowest BCUT2D eigenvalue weighted by Crippen LogP contribution is -2.29. The van der Waals surface area contributed by atoms with Gasteiger partial charge in [-0.15, -0.1) is 0 Å². The van der Waals surface area contributed by atoms with Crippen molar-refractivity contribution in [3.63, 3.8) is 0 Å². The number of carbonyl (C=O) groups excluding carboxylic acids is 1. The van der Waals surface area contributed by atoms with Crippen LogP contribution in [0.1, 0.15) is 53.9 Å². The minimum absolute atomic E-state index is 0.163. The minimum Gasteiger partial charge on any atom is -0.460 e. The van der Waals surface area contributed by atoms with E-state index in [9.17, 15) is 4.79 Å². The van der Waals surface area contributed by atoms with Crippen molar-refractivity contribution in [2.24, 2.45) is 11.3 Å². The highest BCUT2D eigenvalue weighted by atomic mass is 16.6. The van der Waals surface area contributed by atoms with E-state index in [-0.39, 0.29) is 6.42 Å². The quantitative estimate of drug-likeness (QED) is 0.702. The second kappa shape index (κ2) is 6.40. The van der Waals surface area contributed by atoms with Crippen molar-refractivity contribution in [3.8, 4) is 12.1 Å². The van der Waals surface area contributed by atoms with E-state index in [1.54, 1.807) is 20.8 Å². The van der Waals surface area contributed by atoms with E-state index in [0.29, 0.717) is 12.3 Å². The third-order valence-electron chi connectivity index (χ3n) is 2.44. The second-order valence-corrected chi connectivity index (χ2v) is 6.00. The molecule has 4 heteroatoms. The number of nitriles is 2. The topological polar surface area (TPSA) is 73.9 Å². The predicted molar refractivity (Wildman–Crippen MR) is 68.2 cm³/mol. The summed E-state index contributed by atoms with van der Waals surface area (Å²) in [6.45, 7) is 9.33. The molecule has 4 nitrogen and oxygen atoms in total. The van der Waals surface area contributed by atoms with Crippen LogP contribution in [-0.4, -0.2) is 11.6 Å². The van der Waals surface area contributed by atoms with Gasteiger partial charge >= 0.3 is 5.97 Å². The van der Waals surface area contributed by atoms with E-state index < -0.39 is 17.0 Å². The molecule has 0 saturated carbocycles. The van der Waals surface area contributed by atoms with E-state index in [2.05, 4.69) is 0 Å².